The van der Waals surface area contributed by atoms with Gasteiger partial charge in [0, 0.05) is 17.4 Å². The van der Waals surface area contributed by atoms with Crippen molar-refractivity contribution < 1.29 is 4.79 Å². The van der Waals surface area contributed by atoms with Gasteiger partial charge in [-0.15, -0.1) is 0 Å². The molecule has 0 unspecified atom stereocenters. The van der Waals surface area contributed by atoms with E-state index in [2.05, 4.69) is 10.5 Å². The number of hydrogen-bond acceptors (Lipinski definition) is 2. The summed E-state index contributed by atoms with van der Waals surface area (Å²) in [6.45, 7) is 0. The quantitative estimate of drug-likeness (QED) is 0.574. The number of nitrogens with zero attached hydrogens (tertiary/aromatic N) is 2. The topological polar surface area (TPSA) is 46.4 Å². The lowest BCUT2D eigenvalue weighted by atomic mass is 10.1. The van der Waals surface area contributed by atoms with Gasteiger partial charge >= 0.3 is 0 Å². The zero-order valence-corrected chi connectivity index (χ0v) is 12.9. The molecule has 1 N–H and O–H groups in total. The molecule has 1 amide bonds. The average Bonchev–Trinajstić information content (AvgIpc) is 3.11. The van der Waals surface area contributed by atoms with Gasteiger partial charge in [-0.3, -0.25) is 4.79 Å². The highest BCUT2D eigenvalue weighted by Crippen LogP contribution is 2.14. The van der Waals surface area contributed by atoms with E-state index in [1.807, 2.05) is 59.4 Å². The third-order valence-electron chi connectivity index (χ3n) is 3.28. The second-order valence-electron chi connectivity index (χ2n) is 4.86. The number of aromatic nitrogens is 1. The molecule has 0 saturated carbocycles. The van der Waals surface area contributed by atoms with Crippen LogP contribution in [0.3, 0.4) is 0 Å². The van der Waals surface area contributed by atoms with Crippen molar-refractivity contribution in [1.82, 2.24) is 9.99 Å². The lowest BCUT2D eigenvalue weighted by Gasteiger charge is -2.08. The van der Waals surface area contributed by atoms with E-state index in [9.17, 15) is 4.79 Å². The van der Waals surface area contributed by atoms with Crippen LogP contribution in [0.25, 0.3) is 5.69 Å². The number of benzene rings is 2. The first-order valence-electron chi connectivity index (χ1n) is 7.05. The normalized spacial score (nSPS) is 10.8. The summed E-state index contributed by atoms with van der Waals surface area (Å²) >= 11 is 5.83. The molecule has 0 bridgehead atoms. The van der Waals surface area contributed by atoms with Crippen LogP contribution in [0.15, 0.2) is 78.2 Å². The molecule has 0 atom stereocenters. The van der Waals surface area contributed by atoms with Crippen LogP contribution in [-0.4, -0.2) is 16.7 Å². The minimum atomic E-state index is -0.264. The van der Waals surface area contributed by atoms with Crippen molar-refractivity contribution in [2.45, 2.75) is 0 Å². The van der Waals surface area contributed by atoms with Gasteiger partial charge in [0.2, 0.25) is 0 Å². The van der Waals surface area contributed by atoms with E-state index in [0.29, 0.717) is 10.6 Å². The predicted molar refractivity (Wildman–Crippen MR) is 92.3 cm³/mol. The van der Waals surface area contributed by atoms with E-state index in [1.54, 1.807) is 24.4 Å². The predicted octanol–water partition coefficient (Wildman–Crippen LogP) is 3.89. The highest BCUT2D eigenvalue weighted by molar-refractivity contribution is 6.30. The highest BCUT2D eigenvalue weighted by atomic mass is 35.5. The maximum atomic E-state index is 12.3. The first-order chi connectivity index (χ1) is 11.2. The van der Waals surface area contributed by atoms with Crippen molar-refractivity contribution >= 4 is 23.7 Å². The summed E-state index contributed by atoms with van der Waals surface area (Å²) in [5.74, 6) is -0.264. The Labute approximate surface area is 139 Å². The van der Waals surface area contributed by atoms with Crippen LogP contribution < -0.4 is 5.43 Å². The number of carbonyl (C=O) groups is 1. The van der Waals surface area contributed by atoms with E-state index in [1.165, 1.54) is 0 Å². The zero-order chi connectivity index (χ0) is 16.1. The van der Waals surface area contributed by atoms with Crippen LogP contribution in [0.5, 0.6) is 0 Å². The molecule has 4 nitrogen and oxygen atoms in total. The molecule has 0 saturated heterocycles. The van der Waals surface area contributed by atoms with Crippen molar-refractivity contribution in [3.05, 3.63) is 89.2 Å². The van der Waals surface area contributed by atoms with Crippen molar-refractivity contribution in [1.29, 1.82) is 0 Å². The molecule has 5 heteroatoms. The van der Waals surface area contributed by atoms with Crippen LogP contribution in [0.1, 0.15) is 15.9 Å². The van der Waals surface area contributed by atoms with E-state index in [0.717, 1.165) is 11.3 Å². The monoisotopic (exact) mass is 323 g/mol. The first-order valence-corrected chi connectivity index (χ1v) is 7.43. The third kappa shape index (κ3) is 3.67. The molecule has 0 aliphatic rings. The van der Waals surface area contributed by atoms with Gasteiger partial charge < -0.3 is 4.57 Å². The number of hydrogen-bond donors (Lipinski definition) is 1. The summed E-state index contributed by atoms with van der Waals surface area (Å²) in [6, 6.07) is 18.4. The summed E-state index contributed by atoms with van der Waals surface area (Å²) in [7, 11) is 0. The molecule has 3 aromatic rings. The first kappa shape index (κ1) is 15.1. The summed E-state index contributed by atoms with van der Waals surface area (Å²) in [6.07, 6.45) is 5.36. The molecule has 2 aromatic carbocycles. The van der Waals surface area contributed by atoms with E-state index in [4.69, 9.17) is 11.6 Å². The van der Waals surface area contributed by atoms with E-state index in [-0.39, 0.29) is 5.91 Å². The van der Waals surface area contributed by atoms with E-state index < -0.39 is 0 Å². The number of halogens is 1. The van der Waals surface area contributed by atoms with Gasteiger partial charge in [0.05, 0.1) is 17.5 Å². The Balaban J connectivity index is 1.75. The van der Waals surface area contributed by atoms with Gasteiger partial charge in [-0.2, -0.15) is 5.10 Å². The minimum Gasteiger partial charge on any atom is -0.323 e. The second-order valence-corrected chi connectivity index (χ2v) is 5.29. The molecule has 0 spiro atoms. The molecule has 23 heavy (non-hydrogen) atoms. The average molecular weight is 324 g/mol. The molecule has 1 aromatic heterocycles. The smallest absolute Gasteiger partial charge is 0.273 e. The van der Waals surface area contributed by atoms with Crippen molar-refractivity contribution in [2.24, 2.45) is 5.10 Å². The van der Waals surface area contributed by atoms with Gasteiger partial charge in [-0.05, 0) is 42.0 Å². The second kappa shape index (κ2) is 6.94. The van der Waals surface area contributed by atoms with Gasteiger partial charge in [-0.1, -0.05) is 35.9 Å². The summed E-state index contributed by atoms with van der Waals surface area (Å²) < 4.78 is 1.89. The summed E-state index contributed by atoms with van der Waals surface area (Å²) in [5.41, 5.74) is 4.76. The maximum Gasteiger partial charge on any atom is 0.273 e. The fourth-order valence-corrected chi connectivity index (χ4v) is 2.29. The fraction of sp³-hybridized carbons (Fsp3) is 0. The lowest BCUT2D eigenvalue weighted by molar-refractivity contribution is 0.0955. The SMILES string of the molecule is O=C(N/N=C/c1ccc(Cl)cc1)c1ccccc1-n1cccc1. The van der Waals surface area contributed by atoms with Crippen molar-refractivity contribution in [2.75, 3.05) is 0 Å². The summed E-state index contributed by atoms with van der Waals surface area (Å²) in [5, 5.41) is 4.65. The molecule has 114 valence electrons. The lowest BCUT2D eigenvalue weighted by Crippen LogP contribution is -2.19. The number of rotatable bonds is 4. The Kier molecular flexibility index (Phi) is 4.54. The number of hydrazone groups is 1. The van der Waals surface area contributed by atoms with Crippen LogP contribution >= 0.6 is 11.6 Å². The molecule has 0 aliphatic carbocycles. The Morgan fingerprint density at radius 1 is 1.00 bits per heavy atom. The number of carbonyl (C=O) groups excluding carboxylic acids is 1. The molecular formula is C18H14ClN3O. The number of amides is 1. The number of para-hydroxylation sites is 1. The standard InChI is InChI=1S/C18H14ClN3O/c19-15-9-7-14(8-10-15)13-20-21-18(23)16-5-1-2-6-17(16)22-11-3-4-12-22/h1-13H,(H,21,23)/b20-13+. The zero-order valence-electron chi connectivity index (χ0n) is 12.2. The van der Waals surface area contributed by atoms with Crippen LogP contribution in [-0.2, 0) is 0 Å². The molecule has 1 heterocycles. The largest absolute Gasteiger partial charge is 0.323 e. The molecule has 0 fully saturated rings. The Bertz CT molecular complexity index is 824. The highest BCUT2D eigenvalue weighted by Gasteiger charge is 2.10. The Hall–Kier alpha value is -2.85. The van der Waals surface area contributed by atoms with Gasteiger partial charge in [0.25, 0.3) is 5.91 Å². The molecular weight excluding hydrogens is 310 g/mol. The van der Waals surface area contributed by atoms with Crippen LogP contribution in [0.4, 0.5) is 0 Å². The minimum absolute atomic E-state index is 0.264. The number of nitrogens with one attached hydrogen (secondary N) is 1. The maximum absolute atomic E-state index is 12.3. The van der Waals surface area contributed by atoms with E-state index >= 15 is 0 Å². The van der Waals surface area contributed by atoms with Gasteiger partial charge in [0.1, 0.15) is 0 Å². The Morgan fingerprint density at radius 3 is 2.43 bits per heavy atom. The molecule has 0 radical (unpaired) electrons. The fourth-order valence-electron chi connectivity index (χ4n) is 2.16. The van der Waals surface area contributed by atoms with Gasteiger partial charge in [-0.25, -0.2) is 5.43 Å². The Morgan fingerprint density at radius 2 is 1.70 bits per heavy atom. The molecule has 3 rings (SSSR count). The summed E-state index contributed by atoms with van der Waals surface area (Å²) in [4.78, 5) is 12.3. The van der Waals surface area contributed by atoms with Crippen molar-refractivity contribution in [3.8, 4) is 5.69 Å². The molecule has 0 aliphatic heterocycles. The van der Waals surface area contributed by atoms with Gasteiger partial charge in [0.15, 0.2) is 0 Å². The third-order valence-corrected chi connectivity index (χ3v) is 3.53. The van der Waals surface area contributed by atoms with Crippen LogP contribution in [0.2, 0.25) is 5.02 Å². The van der Waals surface area contributed by atoms with Crippen molar-refractivity contribution in [3.63, 3.8) is 0 Å². The van der Waals surface area contributed by atoms with Crippen LogP contribution in [0, 0.1) is 0 Å².